The van der Waals surface area contributed by atoms with E-state index in [-0.39, 0.29) is 36.1 Å². The number of benzene rings is 1. The highest BCUT2D eigenvalue weighted by Gasteiger charge is 2.28. The van der Waals surface area contributed by atoms with Crippen molar-refractivity contribution in [2.45, 2.75) is 30.6 Å². The first-order chi connectivity index (χ1) is 14.2. The number of ether oxygens (including phenoxy) is 1. The van der Waals surface area contributed by atoms with Gasteiger partial charge in [0.25, 0.3) is 0 Å². The van der Waals surface area contributed by atoms with Crippen molar-refractivity contribution in [2.75, 3.05) is 56.5 Å². The van der Waals surface area contributed by atoms with Gasteiger partial charge in [0, 0.05) is 26.2 Å². The van der Waals surface area contributed by atoms with E-state index in [4.69, 9.17) is 4.74 Å². The third kappa shape index (κ3) is 5.51. The fraction of sp³-hybridized carbons (Fsp3) is 0.632. The Hall–Kier alpha value is -1.69. The lowest BCUT2D eigenvalue weighted by Gasteiger charge is -2.27. The lowest BCUT2D eigenvalue weighted by Crippen LogP contribution is -2.43. The van der Waals surface area contributed by atoms with Gasteiger partial charge in [-0.2, -0.15) is 4.31 Å². The van der Waals surface area contributed by atoms with Crippen LogP contribution < -0.4 is 4.31 Å². The maximum atomic E-state index is 12.8. The molecule has 168 valence electrons. The van der Waals surface area contributed by atoms with E-state index in [1.807, 2.05) is 0 Å². The zero-order valence-corrected chi connectivity index (χ0v) is 18.8. The summed E-state index contributed by atoms with van der Waals surface area (Å²) >= 11 is 0. The number of carbonyl (C=O) groups is 1. The lowest BCUT2D eigenvalue weighted by atomic mass is 10.2. The van der Waals surface area contributed by atoms with Gasteiger partial charge in [-0.1, -0.05) is 12.8 Å². The van der Waals surface area contributed by atoms with Crippen LogP contribution in [0, 0.1) is 0 Å². The number of nitrogens with zero attached hydrogens (tertiary/aromatic N) is 3. The predicted molar refractivity (Wildman–Crippen MR) is 113 cm³/mol. The largest absolute Gasteiger partial charge is 0.379 e. The molecule has 0 spiro atoms. The number of likely N-dealkylation sites (tertiary alicyclic amines) is 1. The van der Waals surface area contributed by atoms with Gasteiger partial charge in [0.05, 0.1) is 30.1 Å². The van der Waals surface area contributed by atoms with E-state index >= 15 is 0 Å². The molecule has 2 heterocycles. The van der Waals surface area contributed by atoms with Crippen molar-refractivity contribution in [3.63, 3.8) is 0 Å². The third-order valence-corrected chi connectivity index (χ3v) is 8.42. The Balaban J connectivity index is 1.79. The second-order valence-corrected chi connectivity index (χ2v) is 11.4. The number of hydrogen-bond donors (Lipinski definition) is 0. The Morgan fingerprint density at radius 1 is 0.933 bits per heavy atom. The molecule has 9 nitrogen and oxygen atoms in total. The highest BCUT2D eigenvalue weighted by Crippen LogP contribution is 2.23. The van der Waals surface area contributed by atoms with Crippen LogP contribution >= 0.6 is 0 Å². The standard InChI is InChI=1S/C19H29N3O6S2/c1-29(24,25)22(16-19(23)20-10-4-2-3-5-11-20)17-6-8-18(9-7-17)30(26,27)21-12-14-28-15-13-21/h6-9H,2-5,10-16H2,1H3. The van der Waals surface area contributed by atoms with Crippen LogP contribution in [-0.2, 0) is 29.6 Å². The van der Waals surface area contributed by atoms with Crippen LogP contribution in [0.15, 0.2) is 29.2 Å². The van der Waals surface area contributed by atoms with Gasteiger partial charge in [-0.3, -0.25) is 9.10 Å². The van der Waals surface area contributed by atoms with Crippen LogP contribution in [0.2, 0.25) is 0 Å². The van der Waals surface area contributed by atoms with Gasteiger partial charge in [0.15, 0.2) is 0 Å². The number of anilines is 1. The number of morpholine rings is 1. The third-order valence-electron chi connectivity index (χ3n) is 5.37. The minimum Gasteiger partial charge on any atom is -0.379 e. The zero-order chi connectivity index (χ0) is 21.8. The molecule has 2 aliphatic rings. The van der Waals surface area contributed by atoms with Crippen LogP contribution in [0.1, 0.15) is 25.7 Å². The van der Waals surface area contributed by atoms with Gasteiger partial charge in [-0.05, 0) is 37.1 Å². The van der Waals surface area contributed by atoms with Gasteiger partial charge in [-0.15, -0.1) is 0 Å². The summed E-state index contributed by atoms with van der Waals surface area (Å²) in [5, 5.41) is 0. The van der Waals surface area contributed by atoms with E-state index in [2.05, 4.69) is 0 Å². The first kappa shape index (κ1) is 23.0. The fourth-order valence-electron chi connectivity index (χ4n) is 3.66. The zero-order valence-electron chi connectivity index (χ0n) is 17.2. The van der Waals surface area contributed by atoms with Crippen molar-refractivity contribution in [1.82, 2.24) is 9.21 Å². The quantitative estimate of drug-likeness (QED) is 0.625. The van der Waals surface area contributed by atoms with Crippen molar-refractivity contribution in [3.8, 4) is 0 Å². The maximum absolute atomic E-state index is 12.8. The minimum atomic E-state index is -3.72. The molecule has 1 aromatic rings. The van der Waals surface area contributed by atoms with Gasteiger partial charge in [0.1, 0.15) is 6.54 Å². The van der Waals surface area contributed by atoms with Crippen molar-refractivity contribution in [1.29, 1.82) is 0 Å². The van der Waals surface area contributed by atoms with E-state index in [1.54, 1.807) is 4.90 Å². The number of rotatable bonds is 6. The second kappa shape index (κ2) is 9.63. The Labute approximate surface area is 178 Å². The SMILES string of the molecule is CS(=O)(=O)N(CC(=O)N1CCCCCC1)c1ccc(S(=O)(=O)N2CCOCC2)cc1. The number of carbonyl (C=O) groups excluding carboxylic acids is 1. The molecular formula is C19H29N3O6S2. The monoisotopic (exact) mass is 459 g/mol. The summed E-state index contributed by atoms with van der Waals surface area (Å²) in [7, 11) is -7.39. The van der Waals surface area contributed by atoms with Crippen molar-refractivity contribution in [2.24, 2.45) is 0 Å². The molecule has 3 rings (SSSR count). The van der Waals surface area contributed by atoms with Gasteiger partial charge in [0.2, 0.25) is 26.0 Å². The summed E-state index contributed by atoms with van der Waals surface area (Å²) in [6.45, 7) is 2.22. The summed E-state index contributed by atoms with van der Waals surface area (Å²) in [4.78, 5) is 14.5. The number of hydrogen-bond acceptors (Lipinski definition) is 6. The van der Waals surface area contributed by atoms with E-state index in [1.165, 1.54) is 28.6 Å². The van der Waals surface area contributed by atoms with E-state index in [0.29, 0.717) is 26.3 Å². The van der Waals surface area contributed by atoms with Crippen LogP contribution in [0.5, 0.6) is 0 Å². The Bertz CT molecular complexity index is 933. The summed E-state index contributed by atoms with van der Waals surface area (Å²) in [6.07, 6.45) is 5.01. The molecule has 2 aliphatic heterocycles. The van der Waals surface area contributed by atoms with E-state index < -0.39 is 20.0 Å². The highest BCUT2D eigenvalue weighted by atomic mass is 32.2. The molecule has 0 radical (unpaired) electrons. The molecule has 0 aromatic heterocycles. The van der Waals surface area contributed by atoms with E-state index in [0.717, 1.165) is 36.2 Å². The Morgan fingerprint density at radius 3 is 2.03 bits per heavy atom. The molecule has 0 N–H and O–H groups in total. The summed E-state index contributed by atoms with van der Waals surface area (Å²) in [5.74, 6) is -0.243. The van der Waals surface area contributed by atoms with Crippen LogP contribution in [0.4, 0.5) is 5.69 Å². The molecule has 30 heavy (non-hydrogen) atoms. The molecule has 0 unspecified atom stereocenters. The molecule has 2 saturated heterocycles. The maximum Gasteiger partial charge on any atom is 0.243 e. The van der Waals surface area contributed by atoms with Gasteiger partial charge in [-0.25, -0.2) is 16.8 Å². The fourth-order valence-corrected chi connectivity index (χ4v) is 5.92. The molecule has 0 aliphatic carbocycles. The first-order valence-corrected chi connectivity index (χ1v) is 13.4. The van der Waals surface area contributed by atoms with Crippen LogP contribution in [-0.4, -0.2) is 84.1 Å². The average molecular weight is 460 g/mol. The van der Waals surface area contributed by atoms with Crippen LogP contribution in [0.3, 0.4) is 0 Å². The molecule has 0 saturated carbocycles. The van der Waals surface area contributed by atoms with Crippen molar-refractivity contribution in [3.05, 3.63) is 24.3 Å². The Kier molecular flexibility index (Phi) is 7.38. The minimum absolute atomic E-state index is 0.0837. The smallest absolute Gasteiger partial charge is 0.243 e. The Morgan fingerprint density at radius 2 is 1.50 bits per heavy atom. The normalized spacial score (nSPS) is 19.3. The highest BCUT2D eigenvalue weighted by molar-refractivity contribution is 7.92. The second-order valence-electron chi connectivity index (χ2n) is 7.57. The average Bonchev–Trinajstić information content (AvgIpc) is 3.01. The van der Waals surface area contributed by atoms with E-state index in [9.17, 15) is 21.6 Å². The molecule has 0 atom stereocenters. The molecule has 11 heteroatoms. The summed E-state index contributed by atoms with van der Waals surface area (Å²) in [6, 6.07) is 5.64. The number of amides is 1. The number of sulfonamides is 2. The van der Waals surface area contributed by atoms with Gasteiger partial charge >= 0.3 is 0 Å². The van der Waals surface area contributed by atoms with Crippen LogP contribution in [0.25, 0.3) is 0 Å². The first-order valence-electron chi connectivity index (χ1n) is 10.1. The summed E-state index contributed by atoms with van der Waals surface area (Å²) in [5.41, 5.74) is 0.265. The van der Waals surface area contributed by atoms with Gasteiger partial charge < -0.3 is 9.64 Å². The molecule has 0 bridgehead atoms. The molecular weight excluding hydrogens is 430 g/mol. The topological polar surface area (TPSA) is 104 Å². The molecule has 1 amide bonds. The molecule has 2 fully saturated rings. The van der Waals surface area contributed by atoms with Crippen molar-refractivity contribution >= 4 is 31.6 Å². The predicted octanol–water partition coefficient (Wildman–Crippen LogP) is 0.876. The van der Waals surface area contributed by atoms with Crippen molar-refractivity contribution < 1.29 is 26.4 Å². The summed E-state index contributed by atoms with van der Waals surface area (Å²) < 4.78 is 57.8. The lowest BCUT2D eigenvalue weighted by molar-refractivity contribution is -0.129. The molecule has 1 aromatic carbocycles.